The molecular formula is C7H8N2O2S. The maximum Gasteiger partial charge on any atom is 0.316 e. The average molecular weight is 184 g/mol. The minimum atomic E-state index is -0.842. The van der Waals surface area contributed by atoms with E-state index in [0.717, 1.165) is 0 Å². The first-order chi connectivity index (χ1) is 5.70. The van der Waals surface area contributed by atoms with Gasteiger partial charge in [-0.1, -0.05) is 11.8 Å². The Hall–Kier alpha value is -1.10. The Labute approximate surface area is 74.0 Å². The van der Waals surface area contributed by atoms with Gasteiger partial charge in [0, 0.05) is 12.4 Å². The molecule has 1 heterocycles. The summed E-state index contributed by atoms with van der Waals surface area (Å²) in [5.74, 6) is -0.842. The van der Waals surface area contributed by atoms with Gasteiger partial charge in [-0.05, 0) is 6.92 Å². The largest absolute Gasteiger partial charge is 0.480 e. The van der Waals surface area contributed by atoms with Gasteiger partial charge in [-0.25, -0.2) is 4.98 Å². The smallest absolute Gasteiger partial charge is 0.316 e. The van der Waals surface area contributed by atoms with Crippen LogP contribution in [0.3, 0.4) is 0 Å². The van der Waals surface area contributed by atoms with Crippen molar-refractivity contribution in [3.63, 3.8) is 0 Å². The van der Waals surface area contributed by atoms with Crippen molar-refractivity contribution in [1.29, 1.82) is 0 Å². The Morgan fingerprint density at radius 2 is 2.42 bits per heavy atom. The summed E-state index contributed by atoms with van der Waals surface area (Å²) in [4.78, 5) is 18.2. The summed E-state index contributed by atoms with van der Waals surface area (Å²) in [5, 5.41) is 8.72. The maximum atomic E-state index is 10.4. The van der Waals surface area contributed by atoms with Crippen LogP contribution in [0.25, 0.3) is 0 Å². The summed E-state index contributed by atoms with van der Waals surface area (Å²) in [6.45, 7) is 1.61. The van der Waals surface area contributed by atoms with E-state index in [1.807, 2.05) is 0 Å². The molecule has 0 radical (unpaired) electrons. The van der Waals surface area contributed by atoms with Crippen LogP contribution >= 0.6 is 11.8 Å². The van der Waals surface area contributed by atoms with Gasteiger partial charge in [0.15, 0.2) is 0 Å². The molecule has 0 aliphatic heterocycles. The summed E-state index contributed by atoms with van der Waals surface area (Å²) in [7, 11) is 0. The van der Waals surface area contributed by atoms with Gasteiger partial charge in [0.05, 0.1) is 6.20 Å². The summed E-state index contributed by atoms with van der Waals surface area (Å²) in [6.07, 6.45) is 4.64. The monoisotopic (exact) mass is 184 g/mol. The highest BCUT2D eigenvalue weighted by Gasteiger charge is 2.12. The highest BCUT2D eigenvalue weighted by Crippen LogP contribution is 2.19. The molecule has 0 unspecified atom stereocenters. The first kappa shape index (κ1) is 8.99. The summed E-state index contributed by atoms with van der Waals surface area (Å²) >= 11 is 1.18. The molecule has 1 rings (SSSR count). The second-order valence-corrected chi connectivity index (χ2v) is 3.50. The Balaban J connectivity index is 2.58. The van der Waals surface area contributed by atoms with Crippen LogP contribution in [-0.4, -0.2) is 26.3 Å². The number of aliphatic carboxylic acids is 1. The SMILES string of the molecule is C[C@@H](Sc1cnccn1)C(=O)O. The lowest BCUT2D eigenvalue weighted by molar-refractivity contribution is -0.136. The van der Waals surface area contributed by atoms with Crippen LogP contribution in [0.4, 0.5) is 0 Å². The number of thioether (sulfide) groups is 1. The number of hydrogen-bond acceptors (Lipinski definition) is 4. The molecule has 0 fully saturated rings. The van der Waals surface area contributed by atoms with E-state index in [1.165, 1.54) is 18.0 Å². The Bertz CT molecular complexity index is 265. The molecular weight excluding hydrogens is 176 g/mol. The van der Waals surface area contributed by atoms with Crippen molar-refractivity contribution in [3.05, 3.63) is 18.6 Å². The van der Waals surface area contributed by atoms with Crippen molar-refractivity contribution >= 4 is 17.7 Å². The second kappa shape index (κ2) is 4.06. The molecule has 4 nitrogen and oxygen atoms in total. The lowest BCUT2D eigenvalue weighted by atomic mass is 10.5. The molecule has 0 aliphatic carbocycles. The van der Waals surface area contributed by atoms with Crippen molar-refractivity contribution in [2.75, 3.05) is 0 Å². The zero-order valence-corrected chi connectivity index (χ0v) is 7.28. The number of carboxylic acid groups (broad SMARTS) is 1. The van der Waals surface area contributed by atoms with Crippen LogP contribution in [0.5, 0.6) is 0 Å². The zero-order valence-electron chi connectivity index (χ0n) is 6.47. The molecule has 0 saturated carbocycles. The van der Waals surface area contributed by atoms with Crippen molar-refractivity contribution < 1.29 is 9.90 Å². The van der Waals surface area contributed by atoms with Crippen LogP contribution in [0, 0.1) is 0 Å². The normalized spacial score (nSPS) is 12.4. The van der Waals surface area contributed by atoms with E-state index in [1.54, 1.807) is 19.3 Å². The van der Waals surface area contributed by atoms with Gasteiger partial charge in [0.2, 0.25) is 0 Å². The lowest BCUT2D eigenvalue weighted by Crippen LogP contribution is -2.11. The van der Waals surface area contributed by atoms with Gasteiger partial charge in [-0.3, -0.25) is 9.78 Å². The van der Waals surface area contributed by atoms with E-state index in [4.69, 9.17) is 5.11 Å². The highest BCUT2D eigenvalue weighted by atomic mass is 32.2. The quantitative estimate of drug-likeness (QED) is 0.711. The van der Waals surface area contributed by atoms with Crippen molar-refractivity contribution in [3.8, 4) is 0 Å². The first-order valence-corrected chi connectivity index (χ1v) is 4.23. The molecule has 12 heavy (non-hydrogen) atoms. The number of aromatic nitrogens is 2. The summed E-state index contributed by atoms with van der Waals surface area (Å²) < 4.78 is 0. The minimum Gasteiger partial charge on any atom is -0.480 e. The van der Waals surface area contributed by atoms with Crippen LogP contribution in [0.1, 0.15) is 6.92 Å². The van der Waals surface area contributed by atoms with Crippen molar-refractivity contribution in [2.45, 2.75) is 17.2 Å². The van der Waals surface area contributed by atoms with Gasteiger partial charge < -0.3 is 5.11 Å². The third-order valence-electron chi connectivity index (χ3n) is 1.18. The number of hydrogen-bond donors (Lipinski definition) is 1. The zero-order chi connectivity index (χ0) is 8.97. The molecule has 0 saturated heterocycles. The molecule has 0 bridgehead atoms. The third-order valence-corrected chi connectivity index (χ3v) is 2.19. The number of rotatable bonds is 3. The van der Waals surface area contributed by atoms with E-state index in [2.05, 4.69) is 9.97 Å². The average Bonchev–Trinajstić information content (AvgIpc) is 2.06. The fourth-order valence-corrected chi connectivity index (χ4v) is 1.28. The molecule has 5 heteroatoms. The molecule has 0 aromatic carbocycles. The Morgan fingerprint density at radius 3 is 2.92 bits per heavy atom. The molecule has 0 aliphatic rings. The van der Waals surface area contributed by atoms with Crippen LogP contribution in [0.2, 0.25) is 0 Å². The fourth-order valence-electron chi connectivity index (χ4n) is 0.578. The second-order valence-electron chi connectivity index (χ2n) is 2.14. The predicted molar refractivity (Wildman–Crippen MR) is 45.0 cm³/mol. The lowest BCUT2D eigenvalue weighted by Gasteiger charge is -2.02. The predicted octanol–water partition coefficient (Wildman–Crippen LogP) is 1.04. The maximum absolute atomic E-state index is 10.4. The number of nitrogens with zero attached hydrogens (tertiary/aromatic N) is 2. The van der Waals surface area contributed by atoms with E-state index in [0.29, 0.717) is 5.03 Å². The van der Waals surface area contributed by atoms with E-state index < -0.39 is 11.2 Å². The van der Waals surface area contributed by atoms with Gasteiger partial charge in [0.25, 0.3) is 0 Å². The van der Waals surface area contributed by atoms with Gasteiger partial charge in [-0.15, -0.1) is 0 Å². The molecule has 1 aromatic rings. The molecule has 64 valence electrons. The van der Waals surface area contributed by atoms with Gasteiger partial charge >= 0.3 is 5.97 Å². The molecule has 0 amide bonds. The van der Waals surface area contributed by atoms with E-state index in [-0.39, 0.29) is 0 Å². The van der Waals surface area contributed by atoms with Crippen LogP contribution < -0.4 is 0 Å². The molecule has 0 spiro atoms. The van der Waals surface area contributed by atoms with Crippen molar-refractivity contribution in [2.24, 2.45) is 0 Å². The van der Waals surface area contributed by atoms with Crippen LogP contribution in [-0.2, 0) is 4.79 Å². The van der Waals surface area contributed by atoms with Crippen LogP contribution in [0.15, 0.2) is 23.6 Å². The fraction of sp³-hybridized carbons (Fsp3) is 0.286. The topological polar surface area (TPSA) is 63.1 Å². The van der Waals surface area contributed by atoms with Gasteiger partial charge in [-0.2, -0.15) is 0 Å². The van der Waals surface area contributed by atoms with E-state index >= 15 is 0 Å². The number of carboxylic acids is 1. The third kappa shape index (κ3) is 2.50. The standard InChI is InChI=1S/C7H8N2O2S/c1-5(7(10)11)12-6-4-8-2-3-9-6/h2-5H,1H3,(H,10,11)/t5-/m1/s1. The first-order valence-electron chi connectivity index (χ1n) is 3.35. The minimum absolute atomic E-state index is 0.485. The highest BCUT2D eigenvalue weighted by molar-refractivity contribution is 8.00. The van der Waals surface area contributed by atoms with E-state index in [9.17, 15) is 4.79 Å². The van der Waals surface area contributed by atoms with Crippen molar-refractivity contribution in [1.82, 2.24) is 9.97 Å². The Kier molecular flexibility index (Phi) is 3.04. The Morgan fingerprint density at radius 1 is 1.67 bits per heavy atom. The molecule has 1 aromatic heterocycles. The summed E-state index contributed by atoms with van der Waals surface area (Å²) in [6, 6.07) is 0. The van der Waals surface area contributed by atoms with Gasteiger partial charge in [0.1, 0.15) is 10.3 Å². The molecule has 1 atom stereocenters. The number of carbonyl (C=O) groups is 1. The summed E-state index contributed by atoms with van der Waals surface area (Å²) in [5.41, 5.74) is 0. The molecule has 1 N–H and O–H groups in total.